The molecule has 3 nitrogen and oxygen atoms in total. The van der Waals surface area contributed by atoms with Crippen molar-refractivity contribution in [1.29, 1.82) is 0 Å². The van der Waals surface area contributed by atoms with Gasteiger partial charge in [-0.25, -0.2) is 0 Å². The maximum absolute atomic E-state index is 5.84. The summed E-state index contributed by atoms with van der Waals surface area (Å²) in [5, 5.41) is 0. The first-order chi connectivity index (χ1) is 9.97. The van der Waals surface area contributed by atoms with Gasteiger partial charge in [-0.2, -0.15) is 0 Å². The first-order valence-electron chi connectivity index (χ1n) is 7.74. The number of thiocarbonyl (C=S) groups is 1. The minimum atomic E-state index is 0.423. The van der Waals surface area contributed by atoms with Crippen molar-refractivity contribution in [3.05, 3.63) is 29.8 Å². The fourth-order valence-corrected chi connectivity index (χ4v) is 3.26. The van der Waals surface area contributed by atoms with Gasteiger partial charge in [0, 0.05) is 24.7 Å². The van der Waals surface area contributed by atoms with Crippen molar-refractivity contribution in [2.45, 2.75) is 33.2 Å². The number of ether oxygens (including phenoxy) is 1. The highest BCUT2D eigenvalue weighted by Crippen LogP contribution is 2.26. The zero-order valence-corrected chi connectivity index (χ0v) is 14.0. The molecule has 3 unspecified atom stereocenters. The van der Waals surface area contributed by atoms with E-state index in [0.29, 0.717) is 11.0 Å². The summed E-state index contributed by atoms with van der Waals surface area (Å²) in [5.74, 6) is 2.42. The van der Waals surface area contributed by atoms with Gasteiger partial charge in [0.1, 0.15) is 17.3 Å². The average molecular weight is 306 g/mol. The Labute approximate surface area is 133 Å². The molecule has 0 radical (unpaired) electrons. The monoisotopic (exact) mass is 306 g/mol. The van der Waals surface area contributed by atoms with Gasteiger partial charge < -0.3 is 10.5 Å². The van der Waals surface area contributed by atoms with Gasteiger partial charge in [0.2, 0.25) is 0 Å². The third-order valence-corrected chi connectivity index (χ3v) is 4.74. The predicted molar refractivity (Wildman–Crippen MR) is 91.8 cm³/mol. The molecule has 2 N–H and O–H groups in total. The van der Waals surface area contributed by atoms with E-state index in [2.05, 4.69) is 25.7 Å². The summed E-state index contributed by atoms with van der Waals surface area (Å²) < 4.78 is 5.84. The first kappa shape index (κ1) is 16.2. The fourth-order valence-electron chi connectivity index (χ4n) is 3.12. The predicted octanol–water partition coefficient (Wildman–Crippen LogP) is 3.07. The Balaban J connectivity index is 1.82. The minimum absolute atomic E-state index is 0.423. The zero-order valence-electron chi connectivity index (χ0n) is 13.2. The molecular weight excluding hydrogens is 280 g/mol. The van der Waals surface area contributed by atoms with Crippen molar-refractivity contribution < 1.29 is 4.74 Å². The van der Waals surface area contributed by atoms with Crippen LogP contribution in [0.2, 0.25) is 0 Å². The minimum Gasteiger partial charge on any atom is -0.492 e. The van der Waals surface area contributed by atoms with Crippen LogP contribution in [-0.2, 0) is 0 Å². The topological polar surface area (TPSA) is 38.5 Å². The molecule has 116 valence electrons. The molecule has 1 aromatic carbocycles. The van der Waals surface area contributed by atoms with Crippen molar-refractivity contribution in [1.82, 2.24) is 4.90 Å². The number of benzene rings is 1. The molecule has 1 saturated heterocycles. The summed E-state index contributed by atoms with van der Waals surface area (Å²) in [4.78, 5) is 2.97. The standard InChI is InChI=1S/C17H26N2OS/c1-12-10-13(2)14(3)19(11-12)8-9-20-16-6-4-15(5-7-16)17(18)21/h4-7,12-14H,8-11H2,1-3H3,(H2,18,21). The van der Waals surface area contributed by atoms with E-state index < -0.39 is 0 Å². The molecule has 1 aliphatic heterocycles. The van der Waals surface area contributed by atoms with Gasteiger partial charge in [-0.3, -0.25) is 4.90 Å². The molecule has 2 rings (SSSR count). The van der Waals surface area contributed by atoms with Gasteiger partial charge in [-0.1, -0.05) is 26.1 Å². The number of hydrogen-bond donors (Lipinski definition) is 1. The van der Waals surface area contributed by atoms with Gasteiger partial charge in [-0.05, 0) is 49.4 Å². The Morgan fingerprint density at radius 2 is 1.95 bits per heavy atom. The largest absolute Gasteiger partial charge is 0.492 e. The molecule has 0 amide bonds. The molecule has 1 heterocycles. The number of nitrogens with two attached hydrogens (primary N) is 1. The van der Waals surface area contributed by atoms with Crippen molar-refractivity contribution in [3.8, 4) is 5.75 Å². The SMILES string of the molecule is CC1CC(C)C(C)N(CCOc2ccc(C(N)=S)cc2)C1. The van der Waals surface area contributed by atoms with Crippen molar-refractivity contribution in [2.24, 2.45) is 17.6 Å². The van der Waals surface area contributed by atoms with Crippen LogP contribution in [0.3, 0.4) is 0 Å². The molecule has 0 aromatic heterocycles. The maximum atomic E-state index is 5.84. The number of piperidine rings is 1. The van der Waals surface area contributed by atoms with Crippen LogP contribution >= 0.6 is 12.2 Å². The average Bonchev–Trinajstić information content (AvgIpc) is 2.44. The molecule has 4 heteroatoms. The second kappa shape index (κ2) is 7.23. The van der Waals surface area contributed by atoms with Gasteiger partial charge in [0.05, 0.1) is 0 Å². The van der Waals surface area contributed by atoms with Crippen LogP contribution in [0.1, 0.15) is 32.8 Å². The van der Waals surface area contributed by atoms with Crippen molar-refractivity contribution in [3.63, 3.8) is 0 Å². The molecule has 0 spiro atoms. The van der Waals surface area contributed by atoms with Crippen molar-refractivity contribution >= 4 is 17.2 Å². The van der Waals surface area contributed by atoms with E-state index in [0.717, 1.165) is 36.3 Å². The van der Waals surface area contributed by atoms with Gasteiger partial charge in [0.25, 0.3) is 0 Å². The second-order valence-corrected chi connectivity index (χ2v) is 6.73. The third-order valence-electron chi connectivity index (χ3n) is 4.51. The lowest BCUT2D eigenvalue weighted by atomic mass is 9.86. The van der Waals surface area contributed by atoms with Crippen LogP contribution < -0.4 is 10.5 Å². The van der Waals surface area contributed by atoms with E-state index in [9.17, 15) is 0 Å². The van der Waals surface area contributed by atoms with Gasteiger partial charge >= 0.3 is 0 Å². The number of nitrogens with zero attached hydrogens (tertiary/aromatic N) is 1. The summed E-state index contributed by atoms with van der Waals surface area (Å²) in [6.45, 7) is 9.89. The summed E-state index contributed by atoms with van der Waals surface area (Å²) in [7, 11) is 0. The molecule has 1 aromatic rings. The van der Waals surface area contributed by atoms with E-state index in [4.69, 9.17) is 22.7 Å². The lowest BCUT2D eigenvalue weighted by Crippen LogP contribution is -2.47. The summed E-state index contributed by atoms with van der Waals surface area (Å²) in [5.41, 5.74) is 6.47. The molecule has 1 fully saturated rings. The smallest absolute Gasteiger partial charge is 0.119 e. The first-order valence-corrected chi connectivity index (χ1v) is 8.15. The van der Waals surface area contributed by atoms with Gasteiger partial charge in [0.15, 0.2) is 0 Å². The van der Waals surface area contributed by atoms with E-state index in [1.165, 1.54) is 13.0 Å². The highest BCUT2D eigenvalue weighted by Gasteiger charge is 2.28. The lowest BCUT2D eigenvalue weighted by molar-refractivity contribution is 0.0665. The fraction of sp³-hybridized carbons (Fsp3) is 0.588. The van der Waals surface area contributed by atoms with Crippen LogP contribution in [0.4, 0.5) is 0 Å². The quantitative estimate of drug-likeness (QED) is 0.849. The zero-order chi connectivity index (χ0) is 15.4. The summed E-state index contributed by atoms with van der Waals surface area (Å²) in [6, 6.07) is 8.32. The molecule has 21 heavy (non-hydrogen) atoms. The highest BCUT2D eigenvalue weighted by molar-refractivity contribution is 7.80. The normalized spacial score (nSPS) is 26.5. The van der Waals surface area contributed by atoms with Crippen LogP contribution in [0.25, 0.3) is 0 Å². The number of likely N-dealkylation sites (tertiary alicyclic amines) is 1. The van der Waals surface area contributed by atoms with E-state index >= 15 is 0 Å². The Morgan fingerprint density at radius 3 is 2.57 bits per heavy atom. The number of rotatable bonds is 5. The second-order valence-electron chi connectivity index (χ2n) is 6.29. The van der Waals surface area contributed by atoms with Crippen LogP contribution in [0.5, 0.6) is 5.75 Å². The van der Waals surface area contributed by atoms with Crippen LogP contribution in [0, 0.1) is 11.8 Å². The number of hydrogen-bond acceptors (Lipinski definition) is 3. The van der Waals surface area contributed by atoms with Crippen LogP contribution in [-0.4, -0.2) is 35.6 Å². The van der Waals surface area contributed by atoms with Gasteiger partial charge in [-0.15, -0.1) is 0 Å². The third kappa shape index (κ3) is 4.42. The van der Waals surface area contributed by atoms with E-state index in [1.807, 2.05) is 24.3 Å². The van der Waals surface area contributed by atoms with Crippen LogP contribution in [0.15, 0.2) is 24.3 Å². The lowest BCUT2D eigenvalue weighted by Gasteiger charge is -2.41. The Bertz CT molecular complexity index is 474. The Morgan fingerprint density at radius 1 is 1.29 bits per heavy atom. The highest BCUT2D eigenvalue weighted by atomic mass is 32.1. The van der Waals surface area contributed by atoms with E-state index in [1.54, 1.807) is 0 Å². The summed E-state index contributed by atoms with van der Waals surface area (Å²) in [6.07, 6.45) is 1.33. The Kier molecular flexibility index (Phi) is 5.59. The molecule has 3 atom stereocenters. The molecule has 0 saturated carbocycles. The molecular formula is C17H26N2OS. The molecule has 1 aliphatic rings. The summed E-state index contributed by atoms with van der Waals surface area (Å²) >= 11 is 4.94. The maximum Gasteiger partial charge on any atom is 0.119 e. The Hall–Kier alpha value is -1.13. The molecule has 0 aliphatic carbocycles. The molecule has 0 bridgehead atoms. The van der Waals surface area contributed by atoms with Crippen molar-refractivity contribution in [2.75, 3.05) is 19.7 Å². The van der Waals surface area contributed by atoms with E-state index in [-0.39, 0.29) is 0 Å².